The van der Waals surface area contributed by atoms with Crippen molar-refractivity contribution in [2.45, 2.75) is 13.0 Å². The second-order valence-electron chi connectivity index (χ2n) is 2.57. The van der Waals surface area contributed by atoms with Crippen molar-refractivity contribution in [1.82, 2.24) is 9.55 Å². The monoisotopic (exact) mass is 202 g/mol. The van der Waals surface area contributed by atoms with Gasteiger partial charge in [-0.3, -0.25) is 19.1 Å². The summed E-state index contributed by atoms with van der Waals surface area (Å²) in [5.74, 6) is -2.22. The Bertz CT molecular complexity index is 461. The molecule has 0 aliphatic carbocycles. The Hall–Kier alpha value is -1.92. The maximum absolute atomic E-state index is 12.6. The van der Waals surface area contributed by atoms with E-state index in [1.54, 1.807) is 4.98 Å². The minimum absolute atomic E-state index is 0.179. The molecule has 76 valence electrons. The molecule has 1 heterocycles. The van der Waals surface area contributed by atoms with Crippen LogP contribution >= 0.6 is 0 Å². The van der Waals surface area contributed by atoms with Crippen LogP contribution in [0.3, 0.4) is 0 Å². The molecule has 0 aromatic carbocycles. The number of carboxylic acid groups (broad SMARTS) is 1. The molecule has 0 aliphatic rings. The van der Waals surface area contributed by atoms with Gasteiger partial charge in [-0.25, -0.2) is 4.79 Å². The lowest BCUT2D eigenvalue weighted by atomic mass is 10.4. The van der Waals surface area contributed by atoms with Crippen LogP contribution < -0.4 is 11.2 Å². The summed E-state index contributed by atoms with van der Waals surface area (Å²) in [5, 5.41) is 8.31. The van der Waals surface area contributed by atoms with Gasteiger partial charge < -0.3 is 5.11 Å². The Morgan fingerprint density at radius 3 is 2.79 bits per heavy atom. The quantitative estimate of drug-likeness (QED) is 0.667. The third-order valence-corrected chi connectivity index (χ3v) is 1.53. The zero-order valence-electron chi connectivity index (χ0n) is 6.99. The summed E-state index contributed by atoms with van der Waals surface area (Å²) in [6, 6.07) is 0. The first-order valence-electron chi connectivity index (χ1n) is 3.72. The Balaban J connectivity index is 2.99. The summed E-state index contributed by atoms with van der Waals surface area (Å²) in [6.45, 7) is -0.179. The average molecular weight is 202 g/mol. The second-order valence-corrected chi connectivity index (χ2v) is 2.57. The van der Waals surface area contributed by atoms with Crippen molar-refractivity contribution >= 4 is 5.97 Å². The van der Waals surface area contributed by atoms with E-state index in [0.717, 1.165) is 4.57 Å². The second kappa shape index (κ2) is 3.86. The lowest BCUT2D eigenvalue weighted by molar-refractivity contribution is -0.137. The molecule has 1 rings (SSSR count). The largest absolute Gasteiger partial charge is 0.481 e. The highest BCUT2D eigenvalue weighted by Gasteiger charge is 2.04. The van der Waals surface area contributed by atoms with Crippen LogP contribution in [-0.2, 0) is 11.3 Å². The lowest BCUT2D eigenvalue weighted by Crippen LogP contribution is -2.31. The Morgan fingerprint density at radius 2 is 2.21 bits per heavy atom. The molecule has 0 bridgehead atoms. The molecule has 0 spiro atoms. The van der Waals surface area contributed by atoms with Crippen molar-refractivity contribution < 1.29 is 14.3 Å². The molecule has 1 aromatic rings. The third-order valence-electron chi connectivity index (χ3n) is 1.53. The SMILES string of the molecule is O=C(O)CCn1cc(F)c(=O)[nH]c1=O. The molecule has 0 amide bonds. The molecular weight excluding hydrogens is 195 g/mol. The summed E-state index contributed by atoms with van der Waals surface area (Å²) in [5.41, 5.74) is -1.93. The molecule has 0 unspecified atom stereocenters. The van der Waals surface area contributed by atoms with Gasteiger partial charge in [-0.05, 0) is 0 Å². The molecule has 0 saturated heterocycles. The molecule has 14 heavy (non-hydrogen) atoms. The van der Waals surface area contributed by atoms with Crippen LogP contribution in [0.15, 0.2) is 15.8 Å². The first kappa shape index (κ1) is 10.2. The van der Waals surface area contributed by atoms with E-state index < -0.39 is 23.0 Å². The predicted octanol–water partition coefficient (Wildman–Crippen LogP) is -0.850. The molecule has 0 atom stereocenters. The number of aromatic nitrogens is 2. The number of H-pyrrole nitrogens is 1. The molecule has 1 aromatic heterocycles. The highest BCUT2D eigenvalue weighted by Crippen LogP contribution is 1.88. The molecular formula is C7H7FN2O4. The van der Waals surface area contributed by atoms with Crippen LogP contribution in [-0.4, -0.2) is 20.6 Å². The van der Waals surface area contributed by atoms with E-state index in [-0.39, 0.29) is 13.0 Å². The van der Waals surface area contributed by atoms with Gasteiger partial charge in [0.1, 0.15) is 0 Å². The lowest BCUT2D eigenvalue weighted by Gasteiger charge is -2.01. The van der Waals surface area contributed by atoms with E-state index in [2.05, 4.69) is 0 Å². The van der Waals surface area contributed by atoms with Gasteiger partial charge in [0.25, 0.3) is 5.56 Å². The normalized spacial score (nSPS) is 10.1. The van der Waals surface area contributed by atoms with Gasteiger partial charge in [-0.1, -0.05) is 0 Å². The fourth-order valence-corrected chi connectivity index (χ4v) is 0.865. The van der Waals surface area contributed by atoms with Gasteiger partial charge in [0, 0.05) is 6.54 Å². The number of hydrogen-bond donors (Lipinski definition) is 2. The average Bonchev–Trinajstić information content (AvgIpc) is 2.09. The maximum Gasteiger partial charge on any atom is 0.328 e. The fraction of sp³-hybridized carbons (Fsp3) is 0.286. The number of nitrogens with zero attached hydrogens (tertiary/aromatic N) is 1. The van der Waals surface area contributed by atoms with Crippen LogP contribution in [0.25, 0.3) is 0 Å². The number of hydrogen-bond acceptors (Lipinski definition) is 3. The standard InChI is InChI=1S/C7H7FN2O4/c8-4-3-10(2-1-5(11)12)7(14)9-6(4)13/h3H,1-2H2,(H,11,12)(H,9,13,14). The van der Waals surface area contributed by atoms with Gasteiger partial charge >= 0.3 is 11.7 Å². The molecule has 0 saturated carbocycles. The Labute approximate surface area is 76.6 Å². The van der Waals surface area contributed by atoms with E-state index in [1.807, 2.05) is 0 Å². The van der Waals surface area contributed by atoms with Crippen molar-refractivity contribution in [2.24, 2.45) is 0 Å². The predicted molar refractivity (Wildman–Crippen MR) is 43.5 cm³/mol. The summed E-state index contributed by atoms with van der Waals surface area (Å²) < 4.78 is 13.4. The number of halogens is 1. The number of nitrogens with one attached hydrogen (secondary N) is 1. The molecule has 7 heteroatoms. The molecule has 2 N–H and O–H groups in total. The zero-order valence-corrected chi connectivity index (χ0v) is 6.99. The van der Waals surface area contributed by atoms with Gasteiger partial charge in [0.2, 0.25) is 5.82 Å². The first-order chi connectivity index (χ1) is 6.50. The fourth-order valence-electron chi connectivity index (χ4n) is 0.865. The van der Waals surface area contributed by atoms with Crippen molar-refractivity contribution in [3.63, 3.8) is 0 Å². The highest BCUT2D eigenvalue weighted by molar-refractivity contribution is 5.66. The minimum Gasteiger partial charge on any atom is -0.481 e. The van der Waals surface area contributed by atoms with Crippen LogP contribution in [0.5, 0.6) is 0 Å². The molecule has 0 fully saturated rings. The topological polar surface area (TPSA) is 92.2 Å². The third kappa shape index (κ3) is 2.28. The Kier molecular flexibility index (Phi) is 2.80. The van der Waals surface area contributed by atoms with E-state index in [9.17, 15) is 18.8 Å². The van der Waals surface area contributed by atoms with Gasteiger partial charge in [-0.2, -0.15) is 4.39 Å². The van der Waals surface area contributed by atoms with Crippen LogP contribution in [0.4, 0.5) is 4.39 Å². The number of rotatable bonds is 3. The van der Waals surface area contributed by atoms with Gasteiger partial charge in [0.05, 0.1) is 12.6 Å². The van der Waals surface area contributed by atoms with Crippen molar-refractivity contribution in [3.8, 4) is 0 Å². The number of aromatic amines is 1. The van der Waals surface area contributed by atoms with E-state index in [0.29, 0.717) is 6.20 Å². The van der Waals surface area contributed by atoms with Crippen molar-refractivity contribution in [1.29, 1.82) is 0 Å². The number of carbonyl (C=O) groups is 1. The van der Waals surface area contributed by atoms with Gasteiger partial charge in [0.15, 0.2) is 0 Å². The summed E-state index contributed by atoms with van der Waals surface area (Å²) >= 11 is 0. The Morgan fingerprint density at radius 1 is 1.57 bits per heavy atom. The van der Waals surface area contributed by atoms with Crippen LogP contribution in [0, 0.1) is 5.82 Å². The smallest absolute Gasteiger partial charge is 0.328 e. The molecule has 6 nitrogen and oxygen atoms in total. The van der Waals surface area contributed by atoms with Crippen molar-refractivity contribution in [3.05, 3.63) is 32.9 Å². The summed E-state index contributed by atoms with van der Waals surface area (Å²) in [6.07, 6.45) is 0.371. The van der Waals surface area contributed by atoms with Gasteiger partial charge in [-0.15, -0.1) is 0 Å². The first-order valence-corrected chi connectivity index (χ1v) is 3.72. The summed E-state index contributed by atoms with van der Waals surface area (Å²) in [7, 11) is 0. The molecule has 0 radical (unpaired) electrons. The number of aryl methyl sites for hydroxylation is 1. The number of aliphatic carboxylic acids is 1. The highest BCUT2D eigenvalue weighted by atomic mass is 19.1. The van der Waals surface area contributed by atoms with Crippen LogP contribution in [0.2, 0.25) is 0 Å². The number of carboxylic acids is 1. The van der Waals surface area contributed by atoms with Crippen molar-refractivity contribution in [2.75, 3.05) is 0 Å². The summed E-state index contributed by atoms with van der Waals surface area (Å²) in [4.78, 5) is 33.4. The van der Waals surface area contributed by atoms with E-state index in [4.69, 9.17) is 5.11 Å². The maximum atomic E-state index is 12.6. The molecule has 0 aliphatic heterocycles. The van der Waals surface area contributed by atoms with E-state index in [1.165, 1.54) is 0 Å². The van der Waals surface area contributed by atoms with E-state index >= 15 is 0 Å². The minimum atomic E-state index is -1.12. The zero-order chi connectivity index (χ0) is 10.7. The van der Waals surface area contributed by atoms with Crippen LogP contribution in [0.1, 0.15) is 6.42 Å².